The van der Waals surface area contributed by atoms with Gasteiger partial charge in [0.25, 0.3) is 0 Å². The minimum Gasteiger partial charge on any atom is -0.492 e. The van der Waals surface area contributed by atoms with Crippen LogP contribution in [-0.2, 0) is 24.2 Å². The second-order valence-corrected chi connectivity index (χ2v) is 9.10. The molecular formula is C22H29N9O2. The molecule has 33 heavy (non-hydrogen) atoms. The fourth-order valence-electron chi connectivity index (χ4n) is 3.75. The molecule has 0 saturated heterocycles. The molecule has 0 spiro atoms. The van der Waals surface area contributed by atoms with E-state index in [-0.39, 0.29) is 18.0 Å². The van der Waals surface area contributed by atoms with Crippen LogP contribution < -0.4 is 15.0 Å². The first-order valence-electron chi connectivity index (χ1n) is 11.0. The van der Waals surface area contributed by atoms with Crippen molar-refractivity contribution >= 4 is 11.7 Å². The number of ether oxygens (including phenoxy) is 1. The molecular weight excluding hydrogens is 422 g/mol. The Morgan fingerprint density at radius 2 is 2.12 bits per heavy atom. The monoisotopic (exact) mass is 451 g/mol. The number of nitrogens with one attached hydrogen (secondary N) is 1. The van der Waals surface area contributed by atoms with Gasteiger partial charge in [-0.15, -0.1) is 5.10 Å². The Labute approximate surface area is 192 Å². The van der Waals surface area contributed by atoms with E-state index in [0.29, 0.717) is 30.4 Å². The summed E-state index contributed by atoms with van der Waals surface area (Å²) in [4.78, 5) is 28.4. The number of aromatic nitrogens is 7. The van der Waals surface area contributed by atoms with Crippen molar-refractivity contribution in [3.05, 3.63) is 35.9 Å². The second-order valence-electron chi connectivity index (χ2n) is 9.10. The first-order chi connectivity index (χ1) is 15.8. The van der Waals surface area contributed by atoms with E-state index in [1.165, 1.54) is 0 Å². The van der Waals surface area contributed by atoms with Gasteiger partial charge < -0.3 is 15.0 Å². The topological polar surface area (TPSA) is 124 Å². The first-order valence-corrected chi connectivity index (χ1v) is 11.0. The third-order valence-electron chi connectivity index (χ3n) is 5.11. The average Bonchev–Trinajstić information content (AvgIpc) is 3.43. The van der Waals surface area contributed by atoms with Crippen LogP contribution >= 0.6 is 0 Å². The van der Waals surface area contributed by atoms with Gasteiger partial charge in [0.15, 0.2) is 5.82 Å². The van der Waals surface area contributed by atoms with Gasteiger partial charge in [-0.3, -0.25) is 9.78 Å². The Hall–Kier alpha value is -3.63. The second kappa shape index (κ2) is 9.47. The largest absolute Gasteiger partial charge is 0.492 e. The predicted molar refractivity (Wildman–Crippen MR) is 122 cm³/mol. The number of pyridine rings is 1. The van der Waals surface area contributed by atoms with Gasteiger partial charge in [-0.05, 0) is 56.5 Å². The van der Waals surface area contributed by atoms with Crippen molar-refractivity contribution in [1.29, 1.82) is 0 Å². The zero-order valence-electron chi connectivity index (χ0n) is 19.4. The highest BCUT2D eigenvalue weighted by atomic mass is 16.5. The van der Waals surface area contributed by atoms with E-state index in [9.17, 15) is 4.79 Å². The summed E-state index contributed by atoms with van der Waals surface area (Å²) in [7, 11) is 1.89. The maximum Gasteiger partial charge on any atom is 0.239 e. The van der Waals surface area contributed by atoms with E-state index in [2.05, 4.69) is 25.8 Å². The highest BCUT2D eigenvalue weighted by molar-refractivity contribution is 5.82. The number of rotatable bonds is 8. The maximum absolute atomic E-state index is 12.5. The number of hydrogen-bond donors (Lipinski definition) is 1. The number of anilines is 1. The van der Waals surface area contributed by atoms with Crippen LogP contribution in [0.3, 0.4) is 0 Å². The van der Waals surface area contributed by atoms with E-state index in [4.69, 9.17) is 14.7 Å². The Kier molecular flexibility index (Phi) is 6.47. The van der Waals surface area contributed by atoms with Crippen LogP contribution in [0.2, 0.25) is 0 Å². The lowest BCUT2D eigenvalue weighted by Crippen LogP contribution is -2.45. The van der Waals surface area contributed by atoms with Crippen LogP contribution in [-0.4, -0.2) is 66.8 Å². The Balaban J connectivity index is 1.53. The van der Waals surface area contributed by atoms with Crippen molar-refractivity contribution in [2.24, 2.45) is 0 Å². The molecule has 0 bridgehead atoms. The molecule has 1 amide bonds. The molecule has 3 aromatic rings. The molecule has 11 heteroatoms. The summed E-state index contributed by atoms with van der Waals surface area (Å²) in [5, 5.41) is 14.0. The fraction of sp³-hybridized carbons (Fsp3) is 0.500. The van der Waals surface area contributed by atoms with Gasteiger partial charge in [0, 0.05) is 36.1 Å². The predicted octanol–water partition coefficient (Wildman–Crippen LogP) is 1.44. The molecule has 1 N–H and O–H groups in total. The van der Waals surface area contributed by atoms with Crippen molar-refractivity contribution in [2.45, 2.75) is 52.1 Å². The minimum atomic E-state index is -0.286. The van der Waals surface area contributed by atoms with Crippen LogP contribution in [0.1, 0.15) is 38.4 Å². The smallest absolute Gasteiger partial charge is 0.239 e. The van der Waals surface area contributed by atoms with Crippen LogP contribution in [0.5, 0.6) is 5.75 Å². The number of carbonyl (C=O) groups is 1. The first kappa shape index (κ1) is 22.6. The molecule has 4 rings (SSSR count). The molecule has 3 heterocycles. The van der Waals surface area contributed by atoms with Crippen LogP contribution in [0.15, 0.2) is 24.7 Å². The van der Waals surface area contributed by atoms with E-state index in [0.717, 1.165) is 36.3 Å². The lowest BCUT2D eigenvalue weighted by atomic mass is 10.1. The number of fused-ring (bicyclic) bond motifs is 1. The number of aryl methyl sites for hydroxylation is 1. The third-order valence-corrected chi connectivity index (χ3v) is 5.11. The van der Waals surface area contributed by atoms with Crippen molar-refractivity contribution in [3.8, 4) is 17.3 Å². The number of hydrogen-bond acceptors (Lipinski definition) is 9. The van der Waals surface area contributed by atoms with E-state index in [1.807, 2.05) is 38.8 Å². The summed E-state index contributed by atoms with van der Waals surface area (Å²) >= 11 is 0. The third kappa shape index (κ3) is 5.79. The standard InChI is InChI=1S/C22H29N9O2/c1-22(2,3)27-19(32)13-30(4)21-16-6-5-7-17(16)25-20(26-21)18-12-15(8-9-23-18)33-11-10-31-14-24-28-29-31/h8-9,12,14H,5-7,10-11,13H2,1-4H3,(H,27,32). The lowest BCUT2D eigenvalue weighted by molar-refractivity contribution is -0.121. The number of likely N-dealkylation sites (N-methyl/N-ethyl adjacent to an activating group) is 1. The fourth-order valence-corrected chi connectivity index (χ4v) is 3.75. The minimum absolute atomic E-state index is 0.0481. The SMILES string of the molecule is CN(CC(=O)NC(C)(C)C)c1nc(-c2cc(OCCn3cnnn3)ccn2)nc2c1CCC2. The normalized spacial score (nSPS) is 13.0. The van der Waals surface area contributed by atoms with Gasteiger partial charge in [0.05, 0.1) is 13.1 Å². The highest BCUT2D eigenvalue weighted by Crippen LogP contribution is 2.31. The highest BCUT2D eigenvalue weighted by Gasteiger charge is 2.24. The Morgan fingerprint density at radius 3 is 2.88 bits per heavy atom. The summed E-state index contributed by atoms with van der Waals surface area (Å²) in [5.74, 6) is 1.92. The van der Waals surface area contributed by atoms with Crippen molar-refractivity contribution in [3.63, 3.8) is 0 Å². The summed E-state index contributed by atoms with van der Waals surface area (Å²) in [6.45, 7) is 7.06. The van der Waals surface area contributed by atoms with Gasteiger partial charge in [0.1, 0.15) is 30.2 Å². The summed E-state index contributed by atoms with van der Waals surface area (Å²) in [6.07, 6.45) is 6.04. The van der Waals surface area contributed by atoms with Gasteiger partial charge in [-0.25, -0.2) is 14.6 Å². The van der Waals surface area contributed by atoms with Crippen molar-refractivity contribution in [2.75, 3.05) is 25.1 Å². The lowest BCUT2D eigenvalue weighted by Gasteiger charge is -2.25. The number of tetrazole rings is 1. The maximum atomic E-state index is 12.5. The van der Waals surface area contributed by atoms with Gasteiger partial charge in [-0.2, -0.15) is 0 Å². The van der Waals surface area contributed by atoms with Gasteiger partial charge >= 0.3 is 0 Å². The molecule has 0 fully saturated rings. The molecule has 11 nitrogen and oxygen atoms in total. The molecule has 0 saturated carbocycles. The number of amides is 1. The molecule has 0 aromatic carbocycles. The Morgan fingerprint density at radius 1 is 1.27 bits per heavy atom. The molecule has 0 unspecified atom stereocenters. The molecule has 0 radical (unpaired) electrons. The van der Waals surface area contributed by atoms with Gasteiger partial charge in [0.2, 0.25) is 5.91 Å². The van der Waals surface area contributed by atoms with E-state index in [1.54, 1.807) is 23.3 Å². The molecule has 174 valence electrons. The van der Waals surface area contributed by atoms with Crippen molar-refractivity contribution < 1.29 is 9.53 Å². The molecule has 3 aromatic heterocycles. The van der Waals surface area contributed by atoms with Crippen LogP contribution in [0.25, 0.3) is 11.5 Å². The summed E-state index contributed by atoms with van der Waals surface area (Å²) < 4.78 is 7.44. The van der Waals surface area contributed by atoms with E-state index >= 15 is 0 Å². The summed E-state index contributed by atoms with van der Waals surface area (Å²) in [5.41, 5.74) is 2.47. The quantitative estimate of drug-likeness (QED) is 0.542. The molecule has 1 aliphatic rings. The van der Waals surface area contributed by atoms with Crippen molar-refractivity contribution in [1.82, 2.24) is 40.5 Å². The molecule has 0 atom stereocenters. The average molecular weight is 452 g/mol. The van der Waals surface area contributed by atoms with E-state index < -0.39 is 0 Å². The molecule has 0 aliphatic heterocycles. The Bertz CT molecular complexity index is 1110. The summed E-state index contributed by atoms with van der Waals surface area (Å²) in [6, 6.07) is 3.62. The zero-order valence-corrected chi connectivity index (χ0v) is 19.4. The number of nitrogens with zero attached hydrogens (tertiary/aromatic N) is 8. The van der Waals surface area contributed by atoms with Crippen LogP contribution in [0, 0.1) is 0 Å². The van der Waals surface area contributed by atoms with Crippen LogP contribution in [0.4, 0.5) is 5.82 Å². The number of carbonyl (C=O) groups excluding carboxylic acids is 1. The molecule has 1 aliphatic carbocycles. The van der Waals surface area contributed by atoms with Gasteiger partial charge in [-0.1, -0.05) is 0 Å². The zero-order chi connectivity index (χ0) is 23.4.